The minimum Gasteiger partial charge on any atom is -0.371 e. The normalized spacial score (nSPS) is 31.3. The standard InChI is InChI=1S/C7H13N4/c1-2-9-6(5-8-1)7-10-3-4-11-7/h6,8H,1-5H2,(H,10,11). The van der Waals surface area contributed by atoms with Gasteiger partial charge in [0.15, 0.2) is 0 Å². The number of aliphatic imine (C=N–C) groups is 1. The molecule has 0 aromatic heterocycles. The van der Waals surface area contributed by atoms with Gasteiger partial charge < -0.3 is 10.6 Å². The fourth-order valence-corrected chi connectivity index (χ4v) is 1.43. The van der Waals surface area contributed by atoms with Crippen molar-refractivity contribution in [1.82, 2.24) is 16.0 Å². The van der Waals surface area contributed by atoms with E-state index in [1.807, 2.05) is 0 Å². The Morgan fingerprint density at radius 1 is 1.27 bits per heavy atom. The Balaban J connectivity index is 1.92. The van der Waals surface area contributed by atoms with Gasteiger partial charge in [-0.1, -0.05) is 0 Å². The second-order valence-electron chi connectivity index (χ2n) is 2.82. The highest BCUT2D eigenvalue weighted by Crippen LogP contribution is 1.95. The van der Waals surface area contributed by atoms with E-state index in [0.29, 0.717) is 6.04 Å². The highest BCUT2D eigenvalue weighted by Gasteiger charge is 2.20. The van der Waals surface area contributed by atoms with Gasteiger partial charge in [0, 0.05) is 26.2 Å². The largest absolute Gasteiger partial charge is 0.371 e. The molecule has 0 aliphatic carbocycles. The number of amidine groups is 1. The second kappa shape index (κ2) is 3.19. The SMILES string of the molecule is C1CNCC(C2=NCCN2)[N]1. The van der Waals surface area contributed by atoms with Gasteiger partial charge >= 0.3 is 0 Å². The van der Waals surface area contributed by atoms with Crippen LogP contribution >= 0.6 is 0 Å². The van der Waals surface area contributed by atoms with Crippen LogP contribution in [0.25, 0.3) is 0 Å². The third-order valence-electron chi connectivity index (χ3n) is 1.99. The van der Waals surface area contributed by atoms with Gasteiger partial charge in [0.2, 0.25) is 0 Å². The molecule has 1 atom stereocenters. The maximum atomic E-state index is 4.46. The summed E-state index contributed by atoms with van der Waals surface area (Å²) in [7, 11) is 0. The van der Waals surface area contributed by atoms with E-state index >= 15 is 0 Å². The Morgan fingerprint density at radius 3 is 2.91 bits per heavy atom. The molecule has 1 unspecified atom stereocenters. The summed E-state index contributed by atoms with van der Waals surface area (Å²) in [4.78, 5) is 4.33. The first-order valence-corrected chi connectivity index (χ1v) is 4.12. The van der Waals surface area contributed by atoms with Gasteiger partial charge in [0.25, 0.3) is 0 Å². The lowest BCUT2D eigenvalue weighted by Gasteiger charge is -2.22. The van der Waals surface area contributed by atoms with Crippen molar-refractivity contribution in [2.75, 3.05) is 32.7 Å². The monoisotopic (exact) mass is 153 g/mol. The molecule has 2 rings (SSSR count). The van der Waals surface area contributed by atoms with Crippen molar-refractivity contribution in [3.8, 4) is 0 Å². The molecular weight excluding hydrogens is 140 g/mol. The summed E-state index contributed by atoms with van der Waals surface area (Å²) < 4.78 is 0. The average molecular weight is 153 g/mol. The smallest absolute Gasteiger partial charge is 0.117 e. The highest BCUT2D eigenvalue weighted by atomic mass is 15.2. The maximum Gasteiger partial charge on any atom is 0.117 e. The van der Waals surface area contributed by atoms with Crippen LogP contribution in [0, 0.1) is 0 Å². The van der Waals surface area contributed by atoms with E-state index in [0.717, 1.165) is 38.6 Å². The van der Waals surface area contributed by atoms with E-state index in [4.69, 9.17) is 0 Å². The molecule has 0 aromatic rings. The molecular formula is C7H13N4. The summed E-state index contributed by atoms with van der Waals surface area (Å²) in [6, 6.07) is 0.297. The Hall–Kier alpha value is -0.610. The summed E-state index contributed by atoms with van der Waals surface area (Å²) >= 11 is 0. The second-order valence-corrected chi connectivity index (χ2v) is 2.82. The molecule has 0 bridgehead atoms. The van der Waals surface area contributed by atoms with Crippen molar-refractivity contribution in [3.63, 3.8) is 0 Å². The van der Waals surface area contributed by atoms with E-state index < -0.39 is 0 Å². The average Bonchev–Trinajstić information content (AvgIpc) is 2.58. The molecule has 1 fully saturated rings. The molecule has 11 heavy (non-hydrogen) atoms. The Kier molecular flexibility index (Phi) is 2.05. The fraction of sp³-hybridized carbons (Fsp3) is 0.857. The van der Waals surface area contributed by atoms with Crippen LogP contribution in [0.4, 0.5) is 0 Å². The van der Waals surface area contributed by atoms with Crippen LogP contribution < -0.4 is 16.0 Å². The zero-order chi connectivity index (χ0) is 7.52. The maximum absolute atomic E-state index is 4.46. The molecule has 2 aliphatic heterocycles. The van der Waals surface area contributed by atoms with Crippen molar-refractivity contribution in [2.45, 2.75) is 6.04 Å². The predicted molar refractivity (Wildman–Crippen MR) is 44.0 cm³/mol. The van der Waals surface area contributed by atoms with Crippen LogP contribution in [0.15, 0.2) is 4.99 Å². The van der Waals surface area contributed by atoms with E-state index in [2.05, 4.69) is 20.9 Å². The van der Waals surface area contributed by atoms with Gasteiger partial charge in [0.05, 0.1) is 12.6 Å². The molecule has 4 nitrogen and oxygen atoms in total. The van der Waals surface area contributed by atoms with Crippen molar-refractivity contribution < 1.29 is 0 Å². The lowest BCUT2D eigenvalue weighted by atomic mass is 10.2. The number of rotatable bonds is 1. The number of piperazine rings is 1. The third-order valence-corrected chi connectivity index (χ3v) is 1.99. The van der Waals surface area contributed by atoms with Crippen molar-refractivity contribution in [1.29, 1.82) is 0 Å². The van der Waals surface area contributed by atoms with Crippen LogP contribution in [0.2, 0.25) is 0 Å². The van der Waals surface area contributed by atoms with Gasteiger partial charge in [-0.15, -0.1) is 0 Å². The molecule has 0 saturated carbocycles. The highest BCUT2D eigenvalue weighted by molar-refractivity contribution is 5.89. The lowest BCUT2D eigenvalue weighted by Crippen LogP contribution is -2.51. The van der Waals surface area contributed by atoms with Crippen LogP contribution in [0.1, 0.15) is 0 Å². The van der Waals surface area contributed by atoms with Crippen molar-refractivity contribution in [2.24, 2.45) is 4.99 Å². The topological polar surface area (TPSA) is 50.5 Å². The summed E-state index contributed by atoms with van der Waals surface area (Å²) in [5, 5.41) is 11.0. The third kappa shape index (κ3) is 1.52. The van der Waals surface area contributed by atoms with Crippen LogP contribution in [0.3, 0.4) is 0 Å². The minimum absolute atomic E-state index is 0.297. The van der Waals surface area contributed by atoms with Crippen molar-refractivity contribution >= 4 is 5.84 Å². The van der Waals surface area contributed by atoms with E-state index in [9.17, 15) is 0 Å². The van der Waals surface area contributed by atoms with E-state index in [-0.39, 0.29) is 0 Å². The number of nitrogens with one attached hydrogen (secondary N) is 2. The molecule has 1 saturated heterocycles. The van der Waals surface area contributed by atoms with E-state index in [1.54, 1.807) is 0 Å². The van der Waals surface area contributed by atoms with Gasteiger partial charge in [-0.25, -0.2) is 5.32 Å². The molecule has 0 amide bonds. The van der Waals surface area contributed by atoms with Crippen LogP contribution in [-0.4, -0.2) is 44.6 Å². The zero-order valence-electron chi connectivity index (χ0n) is 6.51. The molecule has 2 N–H and O–H groups in total. The predicted octanol–water partition coefficient (Wildman–Crippen LogP) is -1.44. The van der Waals surface area contributed by atoms with Gasteiger partial charge in [-0.05, 0) is 0 Å². The Morgan fingerprint density at radius 2 is 2.27 bits per heavy atom. The van der Waals surface area contributed by atoms with Crippen molar-refractivity contribution in [3.05, 3.63) is 0 Å². The quantitative estimate of drug-likeness (QED) is 0.485. The first-order valence-electron chi connectivity index (χ1n) is 4.12. The Bertz CT molecular complexity index is 160. The summed E-state index contributed by atoms with van der Waals surface area (Å²) in [6.45, 7) is 4.80. The minimum atomic E-state index is 0.297. The van der Waals surface area contributed by atoms with Crippen LogP contribution in [-0.2, 0) is 0 Å². The molecule has 0 spiro atoms. The fourth-order valence-electron chi connectivity index (χ4n) is 1.43. The molecule has 0 aromatic carbocycles. The summed E-state index contributed by atoms with van der Waals surface area (Å²) in [6.07, 6.45) is 0. The van der Waals surface area contributed by atoms with Gasteiger partial charge in [-0.3, -0.25) is 4.99 Å². The Labute approximate surface area is 66.5 Å². The molecule has 2 aliphatic rings. The summed E-state index contributed by atoms with van der Waals surface area (Å²) in [5.74, 6) is 1.08. The van der Waals surface area contributed by atoms with E-state index in [1.165, 1.54) is 0 Å². The molecule has 2 heterocycles. The van der Waals surface area contributed by atoms with Gasteiger partial charge in [0.1, 0.15) is 5.84 Å². The first kappa shape index (κ1) is 7.06. The lowest BCUT2D eigenvalue weighted by molar-refractivity contribution is 0.474. The zero-order valence-corrected chi connectivity index (χ0v) is 6.51. The number of hydrogen-bond donors (Lipinski definition) is 2. The number of nitrogens with zero attached hydrogens (tertiary/aromatic N) is 2. The van der Waals surface area contributed by atoms with Gasteiger partial charge in [-0.2, -0.15) is 0 Å². The number of hydrogen-bond acceptors (Lipinski definition) is 3. The van der Waals surface area contributed by atoms with Crippen LogP contribution in [0.5, 0.6) is 0 Å². The summed E-state index contributed by atoms with van der Waals surface area (Å²) in [5.41, 5.74) is 0. The molecule has 61 valence electrons. The molecule has 1 radical (unpaired) electrons. The molecule has 4 heteroatoms. The first-order chi connectivity index (χ1) is 5.47.